The van der Waals surface area contributed by atoms with Crippen molar-refractivity contribution in [2.75, 3.05) is 6.61 Å². The van der Waals surface area contributed by atoms with Crippen molar-refractivity contribution in [1.82, 2.24) is 0 Å². The van der Waals surface area contributed by atoms with E-state index in [1.807, 2.05) is 30.3 Å². The number of halogens is 3. The van der Waals surface area contributed by atoms with Crippen LogP contribution < -0.4 is 4.74 Å². The summed E-state index contributed by atoms with van der Waals surface area (Å²) in [6.45, 7) is 4.90. The number of ether oxygens (including phenoxy) is 2. The standard InChI is InChI=1S/C22H19F3O3/c1-12(2)19(26)20(17-11-27-21(17)22(23,24)25)28-18-9-5-8-15-14-7-4-3-6-13(14)10-16(15)18/h3-9,17,20-21H,1,10-11H2,2H3. The fraction of sp³-hybridized carbons (Fsp3) is 0.318. The maximum atomic E-state index is 13.2. The third-order valence-corrected chi connectivity index (χ3v) is 5.31. The van der Waals surface area contributed by atoms with Gasteiger partial charge < -0.3 is 9.47 Å². The third kappa shape index (κ3) is 3.11. The van der Waals surface area contributed by atoms with Gasteiger partial charge in [0.15, 0.2) is 18.0 Å². The van der Waals surface area contributed by atoms with Crippen molar-refractivity contribution in [1.29, 1.82) is 0 Å². The number of benzene rings is 2. The van der Waals surface area contributed by atoms with Gasteiger partial charge in [-0.05, 0) is 35.3 Å². The molecule has 0 aromatic heterocycles. The zero-order chi connectivity index (χ0) is 20.1. The molecule has 1 aliphatic heterocycles. The summed E-state index contributed by atoms with van der Waals surface area (Å²) < 4.78 is 50.3. The van der Waals surface area contributed by atoms with E-state index in [0.29, 0.717) is 12.2 Å². The van der Waals surface area contributed by atoms with Gasteiger partial charge in [-0.3, -0.25) is 4.79 Å². The minimum atomic E-state index is -4.55. The molecule has 2 aliphatic rings. The Bertz CT molecular complexity index is 948. The van der Waals surface area contributed by atoms with Gasteiger partial charge in [0.2, 0.25) is 0 Å². The molecule has 0 N–H and O–H groups in total. The molecule has 2 aromatic carbocycles. The minimum absolute atomic E-state index is 0.161. The van der Waals surface area contributed by atoms with E-state index in [2.05, 4.69) is 6.58 Å². The van der Waals surface area contributed by atoms with Crippen molar-refractivity contribution in [3.63, 3.8) is 0 Å². The van der Waals surface area contributed by atoms with Crippen LogP contribution in [0.4, 0.5) is 13.2 Å². The Morgan fingerprint density at radius 2 is 1.89 bits per heavy atom. The molecule has 1 fully saturated rings. The summed E-state index contributed by atoms with van der Waals surface area (Å²) in [5.41, 5.74) is 4.22. The SMILES string of the molecule is C=C(C)C(=O)C(Oc1cccc2c1Cc1ccccc1-2)C1COC1C(F)(F)F. The van der Waals surface area contributed by atoms with Crippen LogP contribution in [0.3, 0.4) is 0 Å². The molecular formula is C22H19F3O3. The van der Waals surface area contributed by atoms with E-state index in [4.69, 9.17) is 9.47 Å². The van der Waals surface area contributed by atoms with E-state index in [1.54, 1.807) is 12.1 Å². The van der Waals surface area contributed by atoms with Gasteiger partial charge in [0.05, 0.1) is 12.5 Å². The minimum Gasteiger partial charge on any atom is -0.481 e. The van der Waals surface area contributed by atoms with Crippen LogP contribution in [-0.4, -0.2) is 30.8 Å². The van der Waals surface area contributed by atoms with Gasteiger partial charge in [-0.2, -0.15) is 13.2 Å². The highest BCUT2D eigenvalue weighted by Gasteiger charge is 2.56. The number of carbonyl (C=O) groups excluding carboxylic acids is 1. The summed E-state index contributed by atoms with van der Waals surface area (Å²) >= 11 is 0. The van der Waals surface area contributed by atoms with Gasteiger partial charge in [0, 0.05) is 12.0 Å². The second kappa shape index (κ2) is 6.78. The first kappa shape index (κ1) is 18.7. The Labute approximate surface area is 160 Å². The lowest BCUT2D eigenvalue weighted by atomic mass is 9.87. The average molecular weight is 388 g/mol. The molecule has 4 rings (SSSR count). The number of hydrogen-bond acceptors (Lipinski definition) is 3. The van der Waals surface area contributed by atoms with Gasteiger partial charge in [-0.1, -0.05) is 43.0 Å². The predicted octanol–water partition coefficient (Wildman–Crippen LogP) is 4.73. The summed E-state index contributed by atoms with van der Waals surface area (Å²) in [5, 5.41) is 0. The Balaban J connectivity index is 1.68. The predicted molar refractivity (Wildman–Crippen MR) is 98.2 cm³/mol. The fourth-order valence-electron chi connectivity index (χ4n) is 3.84. The van der Waals surface area contributed by atoms with Crippen LogP contribution in [0.25, 0.3) is 11.1 Å². The van der Waals surface area contributed by atoms with Crippen molar-refractivity contribution in [3.05, 3.63) is 65.7 Å². The van der Waals surface area contributed by atoms with Gasteiger partial charge in [-0.25, -0.2) is 0 Å². The lowest BCUT2D eigenvalue weighted by Gasteiger charge is -2.41. The van der Waals surface area contributed by atoms with Crippen molar-refractivity contribution in [3.8, 4) is 16.9 Å². The number of Topliss-reactive ketones (excluding diaryl/α,β-unsaturated/α-hetero) is 1. The van der Waals surface area contributed by atoms with E-state index < -0.39 is 30.1 Å². The van der Waals surface area contributed by atoms with Crippen LogP contribution in [0.15, 0.2) is 54.6 Å². The second-order valence-corrected chi connectivity index (χ2v) is 7.26. The molecule has 1 saturated heterocycles. The monoisotopic (exact) mass is 388 g/mol. The fourth-order valence-corrected chi connectivity index (χ4v) is 3.84. The lowest BCUT2D eigenvalue weighted by molar-refractivity contribution is -0.297. The summed E-state index contributed by atoms with van der Waals surface area (Å²) in [6.07, 6.45) is -7.23. The molecule has 0 amide bonds. The van der Waals surface area contributed by atoms with Crippen LogP contribution in [0.2, 0.25) is 0 Å². The van der Waals surface area contributed by atoms with Gasteiger partial charge in [0.1, 0.15) is 5.75 Å². The number of hydrogen-bond donors (Lipinski definition) is 0. The van der Waals surface area contributed by atoms with E-state index in [1.165, 1.54) is 6.92 Å². The topological polar surface area (TPSA) is 35.5 Å². The number of rotatable bonds is 5. The molecule has 2 aromatic rings. The Morgan fingerprint density at radius 3 is 2.54 bits per heavy atom. The van der Waals surface area contributed by atoms with E-state index in [9.17, 15) is 18.0 Å². The molecule has 1 aliphatic carbocycles. The molecule has 3 atom stereocenters. The molecule has 0 spiro atoms. The van der Waals surface area contributed by atoms with Crippen molar-refractivity contribution >= 4 is 5.78 Å². The zero-order valence-corrected chi connectivity index (χ0v) is 15.3. The lowest BCUT2D eigenvalue weighted by Crippen LogP contribution is -2.58. The van der Waals surface area contributed by atoms with Crippen molar-refractivity contribution in [2.45, 2.75) is 31.7 Å². The molecule has 0 bridgehead atoms. The smallest absolute Gasteiger partial charge is 0.415 e. The van der Waals surface area contributed by atoms with Crippen LogP contribution in [0.1, 0.15) is 18.1 Å². The van der Waals surface area contributed by atoms with E-state index in [0.717, 1.165) is 22.3 Å². The third-order valence-electron chi connectivity index (χ3n) is 5.31. The molecule has 0 saturated carbocycles. The normalized spacial score (nSPS) is 21.3. The molecule has 28 heavy (non-hydrogen) atoms. The van der Waals surface area contributed by atoms with Crippen LogP contribution in [-0.2, 0) is 16.0 Å². The Kier molecular flexibility index (Phi) is 4.54. The molecule has 3 unspecified atom stereocenters. The second-order valence-electron chi connectivity index (χ2n) is 7.26. The summed E-state index contributed by atoms with van der Waals surface area (Å²) in [5.74, 6) is -1.19. The molecule has 1 heterocycles. The average Bonchev–Trinajstić information content (AvgIpc) is 2.97. The van der Waals surface area contributed by atoms with Crippen molar-refractivity contribution in [2.24, 2.45) is 5.92 Å². The first-order chi connectivity index (χ1) is 13.3. The highest BCUT2D eigenvalue weighted by molar-refractivity contribution is 5.98. The molecular weight excluding hydrogens is 369 g/mol. The molecule has 6 heteroatoms. The summed E-state index contributed by atoms with van der Waals surface area (Å²) in [6, 6.07) is 13.3. The number of ketones is 1. The highest BCUT2D eigenvalue weighted by Crippen LogP contribution is 2.43. The Morgan fingerprint density at radius 1 is 1.18 bits per heavy atom. The van der Waals surface area contributed by atoms with Gasteiger partial charge >= 0.3 is 6.18 Å². The number of carbonyl (C=O) groups is 1. The van der Waals surface area contributed by atoms with Gasteiger partial charge in [0.25, 0.3) is 0 Å². The van der Waals surface area contributed by atoms with Crippen LogP contribution in [0.5, 0.6) is 5.75 Å². The van der Waals surface area contributed by atoms with Gasteiger partial charge in [-0.15, -0.1) is 0 Å². The van der Waals surface area contributed by atoms with Crippen LogP contribution >= 0.6 is 0 Å². The summed E-state index contributed by atoms with van der Waals surface area (Å²) in [7, 11) is 0. The molecule has 3 nitrogen and oxygen atoms in total. The first-order valence-electron chi connectivity index (χ1n) is 9.02. The van der Waals surface area contributed by atoms with Crippen molar-refractivity contribution < 1.29 is 27.4 Å². The Hall–Kier alpha value is -2.60. The maximum Gasteiger partial charge on any atom is 0.415 e. The maximum absolute atomic E-state index is 13.2. The van der Waals surface area contributed by atoms with E-state index >= 15 is 0 Å². The molecule has 146 valence electrons. The summed E-state index contributed by atoms with van der Waals surface area (Å²) in [4.78, 5) is 12.6. The molecule has 0 radical (unpaired) electrons. The highest BCUT2D eigenvalue weighted by atomic mass is 19.4. The van der Waals surface area contributed by atoms with Crippen LogP contribution in [0, 0.1) is 5.92 Å². The number of fused-ring (bicyclic) bond motifs is 3. The first-order valence-corrected chi connectivity index (χ1v) is 9.02. The largest absolute Gasteiger partial charge is 0.481 e. The number of alkyl halides is 3. The quantitative estimate of drug-likeness (QED) is 0.593. The van der Waals surface area contributed by atoms with E-state index in [-0.39, 0.29) is 12.2 Å². The zero-order valence-electron chi connectivity index (χ0n) is 15.3.